The van der Waals surface area contributed by atoms with Crippen LogP contribution in [-0.2, 0) is 15.4 Å². The molecule has 110 valence electrons. The van der Waals surface area contributed by atoms with Crippen LogP contribution in [0.2, 0.25) is 0 Å². The van der Waals surface area contributed by atoms with Gasteiger partial charge in [0.1, 0.15) is 0 Å². The molecule has 0 spiro atoms. The van der Waals surface area contributed by atoms with E-state index in [9.17, 15) is 9.00 Å². The molecule has 1 amide bonds. The third kappa shape index (κ3) is 4.67. The maximum absolute atomic E-state index is 11.8. The molecular weight excluding hydrogens is 310 g/mol. The van der Waals surface area contributed by atoms with Gasteiger partial charge in [0.25, 0.3) is 5.91 Å². The van der Waals surface area contributed by atoms with Gasteiger partial charge in [-0.05, 0) is 23.3 Å². The highest BCUT2D eigenvalue weighted by Gasteiger charge is 2.08. The largest absolute Gasteiger partial charge is 0.275 e. The van der Waals surface area contributed by atoms with Crippen molar-refractivity contribution < 1.29 is 13.3 Å². The summed E-state index contributed by atoms with van der Waals surface area (Å²) in [6.07, 6.45) is 0. The maximum Gasteiger partial charge on any atom is 0.275 e. The number of hydroxylamine groups is 1. The molecule has 0 aliphatic heterocycles. The van der Waals surface area contributed by atoms with Gasteiger partial charge < -0.3 is 0 Å². The fraction of sp³-hybridized carbons (Fsp3) is 0.133. The first-order valence-electron chi connectivity index (χ1n) is 6.28. The third-order valence-corrected chi connectivity index (χ3v) is 3.95. The van der Waals surface area contributed by atoms with Crippen LogP contribution in [0.25, 0.3) is 11.1 Å². The molecule has 1 N–H and O–H groups in total. The molecular formula is C15H14ClNO3S. The van der Waals surface area contributed by atoms with E-state index in [1.165, 1.54) is 0 Å². The average Bonchev–Trinajstić information content (AvgIpc) is 2.54. The van der Waals surface area contributed by atoms with Gasteiger partial charge in [-0.3, -0.25) is 4.79 Å². The number of amides is 1. The van der Waals surface area contributed by atoms with Crippen molar-refractivity contribution in [3.8, 4) is 11.1 Å². The molecule has 0 radical (unpaired) electrons. The van der Waals surface area contributed by atoms with Crippen LogP contribution in [0.1, 0.15) is 10.4 Å². The minimum absolute atomic E-state index is 0.161. The lowest BCUT2D eigenvalue weighted by Gasteiger charge is -2.05. The number of hydrogen-bond acceptors (Lipinski definition) is 3. The summed E-state index contributed by atoms with van der Waals surface area (Å²) in [5.41, 5.74) is 4.66. The molecule has 0 aliphatic carbocycles. The van der Waals surface area contributed by atoms with E-state index in [-0.39, 0.29) is 11.6 Å². The van der Waals surface area contributed by atoms with Crippen molar-refractivity contribution in [2.45, 2.75) is 0 Å². The van der Waals surface area contributed by atoms with Crippen molar-refractivity contribution in [2.75, 3.05) is 11.6 Å². The lowest BCUT2D eigenvalue weighted by Crippen LogP contribution is -2.25. The fourth-order valence-corrected chi connectivity index (χ4v) is 2.45. The number of carbonyl (C=O) groups is 1. The number of alkyl halides is 1. The standard InChI is InChI=1S/C15H14ClNO3S/c16-10-11-21(19)20-17-15(18)14-8-6-13(7-9-14)12-4-2-1-3-5-12/h1-9H,10-11H2,(H,17,18). The predicted molar refractivity (Wildman–Crippen MR) is 84.2 cm³/mol. The Morgan fingerprint density at radius 3 is 2.29 bits per heavy atom. The molecule has 2 aromatic carbocycles. The number of rotatable bonds is 6. The minimum Gasteiger partial charge on any atom is -0.267 e. The monoisotopic (exact) mass is 323 g/mol. The second-order valence-corrected chi connectivity index (χ2v) is 5.72. The van der Waals surface area contributed by atoms with Crippen LogP contribution < -0.4 is 5.48 Å². The van der Waals surface area contributed by atoms with Crippen LogP contribution in [-0.4, -0.2) is 21.7 Å². The summed E-state index contributed by atoms with van der Waals surface area (Å²) in [5, 5.41) is 0. The zero-order chi connectivity index (χ0) is 15.1. The second-order valence-electron chi connectivity index (χ2n) is 4.15. The highest BCUT2D eigenvalue weighted by Crippen LogP contribution is 2.19. The van der Waals surface area contributed by atoms with E-state index in [0.29, 0.717) is 5.56 Å². The van der Waals surface area contributed by atoms with Crippen LogP contribution in [0.5, 0.6) is 0 Å². The zero-order valence-electron chi connectivity index (χ0n) is 11.1. The highest BCUT2D eigenvalue weighted by atomic mass is 35.5. The summed E-state index contributed by atoms with van der Waals surface area (Å²) in [6, 6.07) is 16.9. The van der Waals surface area contributed by atoms with E-state index in [0.717, 1.165) is 11.1 Å². The van der Waals surface area contributed by atoms with Gasteiger partial charge >= 0.3 is 0 Å². The molecule has 0 heterocycles. The molecule has 0 saturated heterocycles. The predicted octanol–water partition coefficient (Wildman–Crippen LogP) is 2.92. The zero-order valence-corrected chi connectivity index (χ0v) is 12.7. The van der Waals surface area contributed by atoms with Crippen LogP contribution in [0.3, 0.4) is 0 Å². The first-order valence-corrected chi connectivity index (χ1v) is 8.06. The first-order chi connectivity index (χ1) is 10.2. The molecule has 1 atom stereocenters. The van der Waals surface area contributed by atoms with Gasteiger partial charge in [0.2, 0.25) is 0 Å². The van der Waals surface area contributed by atoms with E-state index in [4.69, 9.17) is 15.9 Å². The molecule has 0 aromatic heterocycles. The Hall–Kier alpha value is -1.69. The van der Waals surface area contributed by atoms with Crippen LogP contribution in [0.15, 0.2) is 54.6 Å². The first kappa shape index (κ1) is 15.7. The van der Waals surface area contributed by atoms with E-state index in [2.05, 4.69) is 5.48 Å². The van der Waals surface area contributed by atoms with E-state index in [1.54, 1.807) is 12.1 Å². The van der Waals surface area contributed by atoms with E-state index in [1.807, 2.05) is 42.5 Å². The Morgan fingerprint density at radius 1 is 1.05 bits per heavy atom. The Morgan fingerprint density at radius 2 is 1.67 bits per heavy atom. The molecule has 2 rings (SSSR count). The quantitative estimate of drug-likeness (QED) is 0.657. The Balaban J connectivity index is 1.99. The SMILES string of the molecule is O=C(NOS(=O)CCCl)c1ccc(-c2ccccc2)cc1. The van der Waals surface area contributed by atoms with Crippen molar-refractivity contribution in [3.63, 3.8) is 0 Å². The summed E-state index contributed by atoms with van der Waals surface area (Å²) in [6.45, 7) is 0. The van der Waals surface area contributed by atoms with Gasteiger partial charge in [-0.15, -0.1) is 11.6 Å². The Kier molecular flexibility index (Phi) is 5.92. The molecule has 4 nitrogen and oxygen atoms in total. The average molecular weight is 324 g/mol. The number of halogens is 1. The summed E-state index contributed by atoms with van der Waals surface area (Å²) in [5.74, 6) is -0.0826. The van der Waals surface area contributed by atoms with Crippen molar-refractivity contribution in [1.82, 2.24) is 5.48 Å². The topological polar surface area (TPSA) is 55.4 Å². The normalized spacial score (nSPS) is 11.9. The minimum atomic E-state index is -1.61. The van der Waals surface area contributed by atoms with Gasteiger partial charge in [0.05, 0.1) is 5.75 Å². The summed E-state index contributed by atoms with van der Waals surface area (Å²) in [4.78, 5) is 11.8. The maximum atomic E-state index is 11.8. The van der Waals surface area contributed by atoms with E-state index < -0.39 is 17.0 Å². The lowest BCUT2D eigenvalue weighted by atomic mass is 10.0. The number of nitrogens with one attached hydrogen (secondary N) is 1. The van der Waals surface area contributed by atoms with Crippen molar-refractivity contribution in [2.24, 2.45) is 0 Å². The molecule has 1 unspecified atom stereocenters. The molecule has 0 bridgehead atoms. The number of hydrogen-bond donors (Lipinski definition) is 1. The Bertz CT molecular complexity index is 617. The van der Waals surface area contributed by atoms with Crippen molar-refractivity contribution in [3.05, 3.63) is 60.2 Å². The molecule has 2 aromatic rings. The lowest BCUT2D eigenvalue weighted by molar-refractivity contribution is 0.0785. The highest BCUT2D eigenvalue weighted by molar-refractivity contribution is 7.80. The van der Waals surface area contributed by atoms with Gasteiger partial charge in [0.15, 0.2) is 11.1 Å². The van der Waals surface area contributed by atoms with Crippen LogP contribution in [0.4, 0.5) is 0 Å². The van der Waals surface area contributed by atoms with Crippen molar-refractivity contribution in [1.29, 1.82) is 0 Å². The molecule has 0 aliphatic rings. The van der Waals surface area contributed by atoms with Crippen LogP contribution >= 0.6 is 11.6 Å². The van der Waals surface area contributed by atoms with Gasteiger partial charge in [-0.2, -0.15) is 4.28 Å². The summed E-state index contributed by atoms with van der Waals surface area (Å²) in [7, 11) is 0. The summed E-state index contributed by atoms with van der Waals surface area (Å²) < 4.78 is 15.9. The number of benzene rings is 2. The van der Waals surface area contributed by atoms with Crippen LogP contribution in [0, 0.1) is 0 Å². The third-order valence-electron chi connectivity index (χ3n) is 2.73. The second kappa shape index (κ2) is 7.93. The van der Waals surface area contributed by atoms with Gasteiger partial charge in [-0.1, -0.05) is 42.5 Å². The molecule has 6 heteroatoms. The fourth-order valence-electron chi connectivity index (χ4n) is 1.69. The van der Waals surface area contributed by atoms with Crippen molar-refractivity contribution >= 4 is 28.6 Å². The molecule has 0 fully saturated rings. The molecule has 21 heavy (non-hydrogen) atoms. The smallest absolute Gasteiger partial charge is 0.267 e. The summed E-state index contributed by atoms with van der Waals surface area (Å²) >= 11 is 3.81. The number of carbonyl (C=O) groups excluding carboxylic acids is 1. The van der Waals surface area contributed by atoms with Gasteiger partial charge in [0, 0.05) is 11.4 Å². The Labute approximate surface area is 130 Å². The molecule has 0 saturated carbocycles. The van der Waals surface area contributed by atoms with Gasteiger partial charge in [-0.25, -0.2) is 9.69 Å². The van der Waals surface area contributed by atoms with E-state index >= 15 is 0 Å².